The summed E-state index contributed by atoms with van der Waals surface area (Å²) < 4.78 is 5.04. The van der Waals surface area contributed by atoms with Crippen LogP contribution >= 0.6 is 0 Å². The van der Waals surface area contributed by atoms with E-state index in [9.17, 15) is 0 Å². The van der Waals surface area contributed by atoms with Gasteiger partial charge in [0.15, 0.2) is 0 Å². The van der Waals surface area contributed by atoms with E-state index in [2.05, 4.69) is 29.2 Å². The standard InChI is InChI=1S/C10H11NO/c1-12-7-8-2-3-10-9(6-8)4-5-11-10/h2-6,11H,7H2,1H3. The van der Waals surface area contributed by atoms with E-state index in [4.69, 9.17) is 4.74 Å². The molecule has 12 heavy (non-hydrogen) atoms. The Labute approximate surface area is 71.2 Å². The summed E-state index contributed by atoms with van der Waals surface area (Å²) in [6, 6.07) is 8.34. The lowest BCUT2D eigenvalue weighted by molar-refractivity contribution is 0.185. The highest BCUT2D eigenvalue weighted by Crippen LogP contribution is 2.14. The van der Waals surface area contributed by atoms with Crippen LogP contribution in [0.3, 0.4) is 0 Å². The lowest BCUT2D eigenvalue weighted by Gasteiger charge is -1.98. The number of ether oxygens (including phenoxy) is 1. The van der Waals surface area contributed by atoms with Crippen LogP contribution in [0, 0.1) is 0 Å². The molecule has 2 nitrogen and oxygen atoms in total. The zero-order valence-electron chi connectivity index (χ0n) is 7.00. The van der Waals surface area contributed by atoms with E-state index in [-0.39, 0.29) is 0 Å². The molecular formula is C10H11NO. The number of aromatic nitrogens is 1. The van der Waals surface area contributed by atoms with Crippen molar-refractivity contribution in [2.75, 3.05) is 7.11 Å². The molecule has 2 aromatic rings. The molecule has 2 heteroatoms. The van der Waals surface area contributed by atoms with Gasteiger partial charge in [0.25, 0.3) is 0 Å². The Kier molecular flexibility index (Phi) is 1.84. The van der Waals surface area contributed by atoms with Gasteiger partial charge in [-0.25, -0.2) is 0 Å². The summed E-state index contributed by atoms with van der Waals surface area (Å²) in [4.78, 5) is 3.15. The van der Waals surface area contributed by atoms with Gasteiger partial charge in [-0.1, -0.05) is 6.07 Å². The fourth-order valence-corrected chi connectivity index (χ4v) is 1.36. The third-order valence-corrected chi connectivity index (χ3v) is 1.93. The van der Waals surface area contributed by atoms with Crippen LogP contribution in [0.2, 0.25) is 0 Å². The molecule has 0 saturated carbocycles. The van der Waals surface area contributed by atoms with Crippen LogP contribution in [0.15, 0.2) is 30.5 Å². The van der Waals surface area contributed by atoms with E-state index in [0.29, 0.717) is 6.61 Å². The van der Waals surface area contributed by atoms with Crippen molar-refractivity contribution < 1.29 is 4.74 Å². The molecule has 0 amide bonds. The molecule has 0 fully saturated rings. The third-order valence-electron chi connectivity index (χ3n) is 1.93. The first-order valence-corrected chi connectivity index (χ1v) is 3.95. The number of hydrogen-bond acceptors (Lipinski definition) is 1. The second-order valence-corrected chi connectivity index (χ2v) is 2.83. The molecule has 2 rings (SSSR count). The molecule has 0 spiro atoms. The molecular weight excluding hydrogens is 150 g/mol. The summed E-state index contributed by atoms with van der Waals surface area (Å²) in [6.07, 6.45) is 1.95. The SMILES string of the molecule is COCc1ccc2[nH]ccc2c1. The zero-order chi connectivity index (χ0) is 8.39. The van der Waals surface area contributed by atoms with Crippen molar-refractivity contribution in [3.63, 3.8) is 0 Å². The number of methoxy groups -OCH3 is 1. The van der Waals surface area contributed by atoms with Gasteiger partial charge in [-0.05, 0) is 29.1 Å². The topological polar surface area (TPSA) is 25.0 Å². The summed E-state index contributed by atoms with van der Waals surface area (Å²) in [7, 11) is 1.71. The molecule has 1 aromatic carbocycles. The molecule has 0 unspecified atom stereocenters. The van der Waals surface area contributed by atoms with Gasteiger partial charge in [-0.3, -0.25) is 0 Å². The average Bonchev–Trinajstić information content (AvgIpc) is 2.51. The molecule has 0 aliphatic rings. The fourth-order valence-electron chi connectivity index (χ4n) is 1.36. The van der Waals surface area contributed by atoms with E-state index in [0.717, 1.165) is 0 Å². The van der Waals surface area contributed by atoms with Crippen molar-refractivity contribution in [2.45, 2.75) is 6.61 Å². The maximum atomic E-state index is 5.04. The summed E-state index contributed by atoms with van der Waals surface area (Å²) in [5.41, 5.74) is 2.39. The van der Waals surface area contributed by atoms with E-state index in [1.807, 2.05) is 6.20 Å². The highest BCUT2D eigenvalue weighted by Gasteiger charge is 1.95. The van der Waals surface area contributed by atoms with Crippen molar-refractivity contribution in [3.8, 4) is 0 Å². The van der Waals surface area contributed by atoms with Crippen molar-refractivity contribution >= 4 is 10.9 Å². The number of nitrogens with one attached hydrogen (secondary N) is 1. The Morgan fingerprint density at radius 1 is 1.33 bits per heavy atom. The summed E-state index contributed by atoms with van der Waals surface area (Å²) in [5, 5.41) is 1.24. The first kappa shape index (κ1) is 7.37. The Morgan fingerprint density at radius 2 is 2.25 bits per heavy atom. The Hall–Kier alpha value is -1.28. The van der Waals surface area contributed by atoms with Gasteiger partial charge in [0.05, 0.1) is 6.61 Å². The second-order valence-electron chi connectivity index (χ2n) is 2.83. The lowest BCUT2D eigenvalue weighted by Crippen LogP contribution is -1.85. The van der Waals surface area contributed by atoms with E-state index in [1.54, 1.807) is 7.11 Å². The van der Waals surface area contributed by atoms with Crippen LogP contribution in [-0.2, 0) is 11.3 Å². The molecule has 62 valence electrons. The first-order chi connectivity index (χ1) is 5.90. The van der Waals surface area contributed by atoms with E-state index in [1.165, 1.54) is 16.5 Å². The van der Waals surface area contributed by atoms with Gasteiger partial charge in [-0.15, -0.1) is 0 Å². The minimum atomic E-state index is 0.682. The number of H-pyrrole nitrogens is 1. The molecule has 0 aliphatic heterocycles. The number of benzene rings is 1. The van der Waals surface area contributed by atoms with Crippen LogP contribution in [0.25, 0.3) is 10.9 Å². The van der Waals surface area contributed by atoms with Crippen molar-refractivity contribution in [3.05, 3.63) is 36.0 Å². The highest BCUT2D eigenvalue weighted by atomic mass is 16.5. The number of aromatic amines is 1. The normalized spacial score (nSPS) is 10.8. The monoisotopic (exact) mass is 161 g/mol. The van der Waals surface area contributed by atoms with Crippen LogP contribution in [0.1, 0.15) is 5.56 Å². The van der Waals surface area contributed by atoms with Crippen molar-refractivity contribution in [1.82, 2.24) is 4.98 Å². The first-order valence-electron chi connectivity index (χ1n) is 3.95. The Balaban J connectivity index is 2.46. The average molecular weight is 161 g/mol. The van der Waals surface area contributed by atoms with Gasteiger partial charge in [0, 0.05) is 18.8 Å². The minimum Gasteiger partial charge on any atom is -0.380 e. The largest absolute Gasteiger partial charge is 0.380 e. The molecule has 0 aliphatic carbocycles. The van der Waals surface area contributed by atoms with Gasteiger partial charge in [-0.2, -0.15) is 0 Å². The van der Waals surface area contributed by atoms with Crippen molar-refractivity contribution in [1.29, 1.82) is 0 Å². The Morgan fingerprint density at radius 3 is 3.08 bits per heavy atom. The molecule has 0 radical (unpaired) electrons. The van der Waals surface area contributed by atoms with Gasteiger partial charge in [0.2, 0.25) is 0 Å². The van der Waals surface area contributed by atoms with Crippen LogP contribution in [0.4, 0.5) is 0 Å². The van der Waals surface area contributed by atoms with Gasteiger partial charge in [0.1, 0.15) is 0 Å². The van der Waals surface area contributed by atoms with Crippen LogP contribution in [0.5, 0.6) is 0 Å². The quantitative estimate of drug-likeness (QED) is 0.718. The second kappa shape index (κ2) is 2.99. The highest BCUT2D eigenvalue weighted by molar-refractivity contribution is 5.79. The Bertz CT molecular complexity index is 378. The molecule has 1 aromatic heterocycles. The summed E-state index contributed by atoms with van der Waals surface area (Å²) in [5.74, 6) is 0. The van der Waals surface area contributed by atoms with Gasteiger partial charge >= 0.3 is 0 Å². The van der Waals surface area contributed by atoms with Gasteiger partial charge < -0.3 is 9.72 Å². The zero-order valence-corrected chi connectivity index (χ0v) is 7.00. The van der Waals surface area contributed by atoms with E-state index >= 15 is 0 Å². The molecule has 0 bridgehead atoms. The fraction of sp³-hybridized carbons (Fsp3) is 0.200. The maximum absolute atomic E-state index is 5.04. The smallest absolute Gasteiger partial charge is 0.0713 e. The van der Waals surface area contributed by atoms with Crippen molar-refractivity contribution in [2.24, 2.45) is 0 Å². The predicted molar refractivity (Wildman–Crippen MR) is 49.0 cm³/mol. The summed E-state index contributed by atoms with van der Waals surface area (Å²) >= 11 is 0. The van der Waals surface area contributed by atoms with E-state index < -0.39 is 0 Å². The minimum absolute atomic E-state index is 0.682. The molecule has 1 N–H and O–H groups in total. The number of hydrogen-bond donors (Lipinski definition) is 1. The van der Waals surface area contributed by atoms with Crippen LogP contribution < -0.4 is 0 Å². The molecule has 0 saturated heterocycles. The van der Waals surface area contributed by atoms with Crippen LogP contribution in [-0.4, -0.2) is 12.1 Å². The third kappa shape index (κ3) is 1.21. The predicted octanol–water partition coefficient (Wildman–Crippen LogP) is 2.31. The number of rotatable bonds is 2. The molecule has 1 heterocycles. The number of fused-ring (bicyclic) bond motifs is 1. The summed E-state index contributed by atoms with van der Waals surface area (Å²) in [6.45, 7) is 0.682. The molecule has 0 atom stereocenters. The lowest BCUT2D eigenvalue weighted by atomic mass is 10.2. The maximum Gasteiger partial charge on any atom is 0.0713 e.